The van der Waals surface area contributed by atoms with Crippen molar-refractivity contribution >= 4 is 33.3 Å². The molecule has 0 amide bonds. The molecule has 1 unspecified atom stereocenters. The Hall–Kier alpha value is -0.550. The topological polar surface area (TPSA) is 57.8 Å². The Bertz CT molecular complexity index is 391. The summed E-state index contributed by atoms with van der Waals surface area (Å²) >= 11 is 8.98. The van der Waals surface area contributed by atoms with Crippen molar-refractivity contribution in [2.75, 3.05) is 17.7 Å². The summed E-state index contributed by atoms with van der Waals surface area (Å²) in [6, 6.07) is 0. The lowest BCUT2D eigenvalue weighted by molar-refractivity contribution is 0.489. The van der Waals surface area contributed by atoms with E-state index in [4.69, 9.17) is 11.6 Å². The van der Waals surface area contributed by atoms with Crippen molar-refractivity contribution in [3.8, 4) is 0 Å². The number of H-pyrrole nitrogens is 1. The van der Waals surface area contributed by atoms with Crippen LogP contribution in [-0.4, -0.2) is 22.4 Å². The molecule has 0 aliphatic carbocycles. The maximum atomic E-state index is 11.3. The van der Waals surface area contributed by atoms with E-state index in [9.17, 15) is 4.79 Å². The molecule has 1 aromatic heterocycles. The zero-order valence-electron chi connectivity index (χ0n) is 9.80. The summed E-state index contributed by atoms with van der Waals surface area (Å²) in [5.74, 6) is 1.77. The monoisotopic (exact) mass is 321 g/mol. The van der Waals surface area contributed by atoms with Gasteiger partial charge in [0.1, 0.15) is 10.3 Å². The summed E-state index contributed by atoms with van der Waals surface area (Å²) < 4.78 is 0.445. The number of hydrogen-bond acceptors (Lipinski definition) is 3. The van der Waals surface area contributed by atoms with Crippen molar-refractivity contribution < 1.29 is 0 Å². The van der Waals surface area contributed by atoms with E-state index in [0.29, 0.717) is 22.1 Å². The molecular formula is C11H17BrClN3O. The number of rotatable bonds is 7. The smallest absolute Gasteiger partial charge is 0.267 e. The van der Waals surface area contributed by atoms with E-state index in [1.165, 1.54) is 6.33 Å². The number of alkyl halides is 1. The zero-order chi connectivity index (χ0) is 12.7. The second kappa shape index (κ2) is 7.71. The first-order valence-electron chi connectivity index (χ1n) is 5.72. The summed E-state index contributed by atoms with van der Waals surface area (Å²) in [4.78, 5) is 17.9. The Balaban J connectivity index is 2.58. The maximum absolute atomic E-state index is 11.3. The second-order valence-electron chi connectivity index (χ2n) is 3.91. The van der Waals surface area contributed by atoms with Crippen LogP contribution in [0.4, 0.5) is 5.82 Å². The van der Waals surface area contributed by atoms with Crippen LogP contribution in [0.5, 0.6) is 0 Å². The van der Waals surface area contributed by atoms with E-state index in [-0.39, 0.29) is 5.56 Å². The lowest BCUT2D eigenvalue weighted by Gasteiger charge is -2.16. The van der Waals surface area contributed by atoms with Gasteiger partial charge in [0.05, 0.1) is 6.33 Å². The van der Waals surface area contributed by atoms with Gasteiger partial charge in [0.15, 0.2) is 0 Å². The third kappa shape index (κ3) is 4.68. The van der Waals surface area contributed by atoms with Crippen LogP contribution in [0.25, 0.3) is 0 Å². The van der Waals surface area contributed by atoms with Crippen molar-refractivity contribution in [1.29, 1.82) is 0 Å². The van der Waals surface area contributed by atoms with Gasteiger partial charge in [0.25, 0.3) is 5.56 Å². The molecule has 0 saturated heterocycles. The summed E-state index contributed by atoms with van der Waals surface area (Å²) in [6.45, 7) is 2.94. The van der Waals surface area contributed by atoms with Gasteiger partial charge in [-0.05, 0) is 34.7 Å². The third-order valence-electron chi connectivity index (χ3n) is 2.57. The lowest BCUT2D eigenvalue weighted by atomic mass is 10.0. The van der Waals surface area contributed by atoms with Gasteiger partial charge in [-0.15, -0.1) is 11.6 Å². The van der Waals surface area contributed by atoms with E-state index >= 15 is 0 Å². The van der Waals surface area contributed by atoms with Crippen molar-refractivity contribution in [2.45, 2.75) is 26.2 Å². The number of nitrogens with zero attached hydrogens (tertiary/aromatic N) is 1. The van der Waals surface area contributed by atoms with Crippen LogP contribution < -0.4 is 10.9 Å². The zero-order valence-corrected chi connectivity index (χ0v) is 12.1. The minimum absolute atomic E-state index is 0.174. The summed E-state index contributed by atoms with van der Waals surface area (Å²) in [7, 11) is 0. The predicted octanol–water partition coefficient (Wildman–Crippen LogP) is 2.99. The first-order chi connectivity index (χ1) is 8.19. The van der Waals surface area contributed by atoms with Crippen LogP contribution in [-0.2, 0) is 0 Å². The molecule has 0 aliphatic heterocycles. The number of anilines is 1. The summed E-state index contributed by atoms with van der Waals surface area (Å²) in [5.41, 5.74) is -0.174. The highest BCUT2D eigenvalue weighted by Crippen LogP contribution is 2.17. The SMILES string of the molecule is CCCC(CCCl)CNc1nc[nH]c(=O)c1Br. The maximum Gasteiger partial charge on any atom is 0.267 e. The van der Waals surface area contributed by atoms with E-state index in [0.717, 1.165) is 25.8 Å². The number of hydrogen-bond donors (Lipinski definition) is 2. The third-order valence-corrected chi connectivity index (χ3v) is 3.52. The molecule has 0 aliphatic rings. The average molecular weight is 323 g/mol. The van der Waals surface area contributed by atoms with Crippen LogP contribution in [0.2, 0.25) is 0 Å². The number of aromatic amines is 1. The fourth-order valence-corrected chi connectivity index (χ4v) is 2.32. The largest absolute Gasteiger partial charge is 0.369 e. The second-order valence-corrected chi connectivity index (χ2v) is 5.08. The highest BCUT2D eigenvalue weighted by Gasteiger charge is 2.09. The van der Waals surface area contributed by atoms with E-state index < -0.39 is 0 Å². The van der Waals surface area contributed by atoms with E-state index in [1.807, 2.05) is 0 Å². The normalized spacial score (nSPS) is 12.4. The highest BCUT2D eigenvalue weighted by atomic mass is 79.9. The van der Waals surface area contributed by atoms with Crippen molar-refractivity contribution in [1.82, 2.24) is 9.97 Å². The molecule has 1 heterocycles. The molecule has 1 atom stereocenters. The molecule has 0 aromatic carbocycles. The van der Waals surface area contributed by atoms with Gasteiger partial charge in [0, 0.05) is 12.4 Å². The van der Waals surface area contributed by atoms with Gasteiger partial charge >= 0.3 is 0 Å². The summed E-state index contributed by atoms with van der Waals surface area (Å²) in [6.07, 6.45) is 4.63. The minimum atomic E-state index is -0.174. The molecule has 0 spiro atoms. The Morgan fingerprint density at radius 3 is 3.00 bits per heavy atom. The predicted molar refractivity (Wildman–Crippen MR) is 74.8 cm³/mol. The number of aromatic nitrogens is 2. The van der Waals surface area contributed by atoms with Crippen LogP contribution >= 0.6 is 27.5 Å². The molecule has 0 fully saturated rings. The molecule has 1 aromatic rings. The van der Waals surface area contributed by atoms with Crippen LogP contribution in [0.1, 0.15) is 26.2 Å². The molecule has 4 nitrogen and oxygen atoms in total. The molecule has 2 N–H and O–H groups in total. The lowest BCUT2D eigenvalue weighted by Crippen LogP contribution is -2.18. The fourth-order valence-electron chi connectivity index (χ4n) is 1.66. The van der Waals surface area contributed by atoms with Crippen molar-refractivity contribution in [3.63, 3.8) is 0 Å². The Labute approximate surface area is 114 Å². The van der Waals surface area contributed by atoms with Gasteiger partial charge in [-0.3, -0.25) is 4.79 Å². The van der Waals surface area contributed by atoms with Gasteiger partial charge < -0.3 is 10.3 Å². The Morgan fingerprint density at radius 1 is 1.59 bits per heavy atom. The van der Waals surface area contributed by atoms with Crippen LogP contribution in [0.3, 0.4) is 0 Å². The van der Waals surface area contributed by atoms with E-state index in [2.05, 4.69) is 38.1 Å². The van der Waals surface area contributed by atoms with Gasteiger partial charge in [0.2, 0.25) is 0 Å². The summed E-state index contributed by atoms with van der Waals surface area (Å²) in [5, 5.41) is 3.19. The van der Waals surface area contributed by atoms with Crippen LogP contribution in [0.15, 0.2) is 15.6 Å². The quantitative estimate of drug-likeness (QED) is 0.759. The average Bonchev–Trinajstić information content (AvgIpc) is 2.31. The van der Waals surface area contributed by atoms with Gasteiger partial charge in [-0.25, -0.2) is 4.98 Å². The van der Waals surface area contributed by atoms with Gasteiger partial charge in [-0.2, -0.15) is 0 Å². The standard InChI is InChI=1S/C11H17BrClN3O/c1-2-3-8(4-5-13)6-14-10-9(12)11(17)16-7-15-10/h7-8H,2-6H2,1H3,(H2,14,15,16,17). The highest BCUT2D eigenvalue weighted by molar-refractivity contribution is 9.10. The van der Waals surface area contributed by atoms with E-state index in [1.54, 1.807) is 0 Å². The molecule has 1 rings (SSSR count). The van der Waals surface area contributed by atoms with Crippen molar-refractivity contribution in [3.05, 3.63) is 21.2 Å². The molecule has 6 heteroatoms. The minimum Gasteiger partial charge on any atom is -0.369 e. The number of halogens is 2. The first kappa shape index (κ1) is 14.5. The van der Waals surface area contributed by atoms with Crippen LogP contribution in [0, 0.1) is 5.92 Å². The number of nitrogens with one attached hydrogen (secondary N) is 2. The fraction of sp³-hybridized carbons (Fsp3) is 0.636. The first-order valence-corrected chi connectivity index (χ1v) is 7.04. The molecule has 17 heavy (non-hydrogen) atoms. The Morgan fingerprint density at radius 2 is 2.35 bits per heavy atom. The van der Waals surface area contributed by atoms with Crippen molar-refractivity contribution in [2.24, 2.45) is 5.92 Å². The molecular weight excluding hydrogens is 305 g/mol. The molecule has 0 bridgehead atoms. The Kier molecular flexibility index (Phi) is 6.58. The molecule has 0 saturated carbocycles. The molecule has 0 radical (unpaired) electrons. The molecule has 96 valence electrons. The van der Waals surface area contributed by atoms with Gasteiger partial charge in [-0.1, -0.05) is 13.3 Å².